The number of hydrogen-bond acceptors (Lipinski definition) is 5. The summed E-state index contributed by atoms with van der Waals surface area (Å²) in [5.74, 6) is -0.0536. The summed E-state index contributed by atoms with van der Waals surface area (Å²) < 4.78 is 30.6. The lowest BCUT2D eigenvalue weighted by atomic mass is 9.81. The first-order valence-corrected chi connectivity index (χ1v) is 7.90. The van der Waals surface area contributed by atoms with E-state index in [1.54, 1.807) is 25.1 Å². The first-order valence-electron chi connectivity index (χ1n) is 7.90. The van der Waals surface area contributed by atoms with Crippen molar-refractivity contribution in [1.82, 2.24) is 4.98 Å². The van der Waals surface area contributed by atoms with Crippen molar-refractivity contribution in [1.29, 1.82) is 0 Å². The molecule has 0 aliphatic carbocycles. The van der Waals surface area contributed by atoms with Gasteiger partial charge in [-0.3, -0.25) is 4.98 Å². The smallest absolute Gasteiger partial charge is 0.454 e. The van der Waals surface area contributed by atoms with Crippen LogP contribution in [0.2, 0.25) is 6.32 Å². The molecule has 1 fully saturated rings. The number of aromatic nitrogens is 1. The van der Waals surface area contributed by atoms with Crippen LogP contribution in [-0.4, -0.2) is 37.4 Å². The van der Waals surface area contributed by atoms with Crippen LogP contribution in [0.4, 0.5) is 4.39 Å². The number of nitrogens with zero attached hydrogens (tertiary/aromatic N) is 1. The Balaban J connectivity index is 1.98. The van der Waals surface area contributed by atoms with Gasteiger partial charge in [0.2, 0.25) is 0 Å². The summed E-state index contributed by atoms with van der Waals surface area (Å²) >= 11 is 0. The summed E-state index contributed by atoms with van der Waals surface area (Å²) in [4.78, 5) is 4.55. The van der Waals surface area contributed by atoms with Gasteiger partial charge in [0.15, 0.2) is 17.3 Å². The zero-order valence-electron chi connectivity index (χ0n) is 13.7. The minimum Gasteiger partial charge on any atom is -0.493 e. The molecule has 1 saturated heterocycles. The number of ether oxygens (including phenoxy) is 2. The fraction of sp³-hybridized carbons (Fsp3) is 0.353. The third kappa shape index (κ3) is 3.23. The third-order valence-electron chi connectivity index (χ3n) is 4.01. The quantitative estimate of drug-likeness (QED) is 0.854. The molecular formula is C17H19BFNO4. The molecule has 0 spiro atoms. The Kier molecular flexibility index (Phi) is 5.01. The van der Waals surface area contributed by atoms with Gasteiger partial charge in [0, 0.05) is 23.8 Å². The molecule has 2 heterocycles. The van der Waals surface area contributed by atoms with Crippen LogP contribution in [0, 0.1) is 5.82 Å². The fourth-order valence-electron chi connectivity index (χ4n) is 2.82. The lowest BCUT2D eigenvalue weighted by molar-refractivity contribution is 0.291. The van der Waals surface area contributed by atoms with E-state index in [-0.39, 0.29) is 11.7 Å². The molecule has 126 valence electrons. The van der Waals surface area contributed by atoms with Gasteiger partial charge < -0.3 is 19.2 Å². The Bertz CT molecular complexity index is 728. The second kappa shape index (κ2) is 7.19. The lowest BCUT2D eigenvalue weighted by Gasteiger charge is -2.14. The molecule has 5 nitrogen and oxygen atoms in total. The molecule has 0 unspecified atom stereocenters. The molecule has 1 aliphatic heterocycles. The number of pyridine rings is 1. The van der Waals surface area contributed by atoms with Gasteiger partial charge in [-0.15, -0.1) is 0 Å². The van der Waals surface area contributed by atoms with E-state index >= 15 is 0 Å². The number of halogens is 1. The zero-order chi connectivity index (χ0) is 17.1. The van der Waals surface area contributed by atoms with Crippen LogP contribution < -0.4 is 9.47 Å². The molecule has 1 atom stereocenters. The molecule has 0 bridgehead atoms. The monoisotopic (exact) mass is 331 g/mol. The van der Waals surface area contributed by atoms with Gasteiger partial charge in [-0.05, 0) is 37.5 Å². The Morgan fingerprint density at radius 3 is 2.88 bits per heavy atom. The van der Waals surface area contributed by atoms with Gasteiger partial charge in [0.1, 0.15) is 0 Å². The van der Waals surface area contributed by atoms with Gasteiger partial charge >= 0.3 is 7.12 Å². The summed E-state index contributed by atoms with van der Waals surface area (Å²) in [5, 5.41) is 9.50. The maximum absolute atomic E-state index is 14.9. The highest BCUT2D eigenvalue weighted by molar-refractivity contribution is 6.43. The molecule has 0 radical (unpaired) electrons. The van der Waals surface area contributed by atoms with Crippen molar-refractivity contribution in [2.24, 2.45) is 0 Å². The second-order valence-corrected chi connectivity index (χ2v) is 5.56. The van der Waals surface area contributed by atoms with E-state index in [0.717, 1.165) is 5.69 Å². The highest BCUT2D eigenvalue weighted by atomic mass is 19.1. The van der Waals surface area contributed by atoms with E-state index in [1.165, 1.54) is 7.11 Å². The van der Waals surface area contributed by atoms with Crippen molar-refractivity contribution in [3.05, 3.63) is 41.8 Å². The van der Waals surface area contributed by atoms with E-state index in [1.807, 2.05) is 12.1 Å². The Morgan fingerprint density at radius 2 is 2.21 bits per heavy atom. The molecular weight excluding hydrogens is 312 g/mol. The minimum absolute atomic E-state index is 0.00706. The van der Waals surface area contributed by atoms with Crippen LogP contribution >= 0.6 is 0 Å². The van der Waals surface area contributed by atoms with Crippen LogP contribution in [-0.2, 0) is 4.65 Å². The van der Waals surface area contributed by atoms with E-state index in [2.05, 4.69) is 4.98 Å². The topological polar surface area (TPSA) is 60.8 Å². The predicted molar refractivity (Wildman–Crippen MR) is 88.8 cm³/mol. The van der Waals surface area contributed by atoms with Crippen LogP contribution in [0.1, 0.15) is 18.5 Å². The highest BCUT2D eigenvalue weighted by Gasteiger charge is 2.30. The molecule has 0 amide bonds. The molecule has 1 aliphatic rings. The Morgan fingerprint density at radius 1 is 1.38 bits per heavy atom. The highest BCUT2D eigenvalue weighted by Crippen LogP contribution is 2.37. The lowest BCUT2D eigenvalue weighted by Crippen LogP contribution is -2.08. The number of hydrogen-bond donors (Lipinski definition) is 1. The number of methoxy groups -OCH3 is 1. The predicted octanol–water partition coefficient (Wildman–Crippen LogP) is 2.89. The van der Waals surface area contributed by atoms with Crippen molar-refractivity contribution in [2.45, 2.75) is 19.2 Å². The molecule has 24 heavy (non-hydrogen) atoms. The van der Waals surface area contributed by atoms with E-state index < -0.39 is 12.9 Å². The van der Waals surface area contributed by atoms with Crippen LogP contribution in [0.25, 0.3) is 11.3 Å². The summed E-state index contributed by atoms with van der Waals surface area (Å²) in [6.07, 6.45) is 0.492. The Hall–Kier alpha value is -2.12. The zero-order valence-corrected chi connectivity index (χ0v) is 13.7. The van der Waals surface area contributed by atoms with Crippen molar-refractivity contribution >= 4 is 7.12 Å². The fourth-order valence-corrected chi connectivity index (χ4v) is 2.82. The number of benzene rings is 1. The van der Waals surface area contributed by atoms with Crippen molar-refractivity contribution in [3.8, 4) is 22.8 Å². The van der Waals surface area contributed by atoms with Gasteiger partial charge in [0.25, 0.3) is 0 Å². The summed E-state index contributed by atoms with van der Waals surface area (Å²) in [7, 11) is 0.712. The van der Waals surface area contributed by atoms with Crippen LogP contribution in [0.5, 0.6) is 11.5 Å². The minimum atomic E-state index is -0.761. The molecule has 1 aromatic heterocycles. The van der Waals surface area contributed by atoms with Crippen LogP contribution in [0.15, 0.2) is 30.3 Å². The molecule has 0 saturated carbocycles. The maximum atomic E-state index is 14.9. The largest absolute Gasteiger partial charge is 0.493 e. The first kappa shape index (κ1) is 16.7. The third-order valence-corrected chi connectivity index (χ3v) is 4.01. The normalized spacial score (nSPS) is 17.2. The molecule has 2 aromatic rings. The summed E-state index contributed by atoms with van der Waals surface area (Å²) in [6.45, 7) is 2.53. The van der Waals surface area contributed by atoms with E-state index in [9.17, 15) is 9.41 Å². The van der Waals surface area contributed by atoms with Gasteiger partial charge in [-0.25, -0.2) is 4.39 Å². The maximum Gasteiger partial charge on any atom is 0.454 e. The average molecular weight is 331 g/mol. The van der Waals surface area contributed by atoms with Crippen molar-refractivity contribution < 1.29 is 23.5 Å². The first-order chi connectivity index (χ1) is 11.6. The molecule has 3 rings (SSSR count). The second-order valence-electron chi connectivity index (χ2n) is 5.56. The van der Waals surface area contributed by atoms with Gasteiger partial charge in [-0.1, -0.05) is 6.07 Å². The van der Waals surface area contributed by atoms with Gasteiger partial charge in [0.05, 0.1) is 19.4 Å². The van der Waals surface area contributed by atoms with E-state index in [0.29, 0.717) is 36.5 Å². The molecule has 1 N–H and O–H groups in total. The van der Waals surface area contributed by atoms with Gasteiger partial charge in [-0.2, -0.15) is 0 Å². The van der Waals surface area contributed by atoms with Crippen molar-refractivity contribution in [2.75, 3.05) is 20.3 Å². The number of rotatable bonds is 5. The summed E-state index contributed by atoms with van der Waals surface area (Å²) in [6, 6.07) is 8.73. The SMILES string of the molecule is CCOc1c(OC)ccc(-c2cccc([C@H]3COB(O)C3)n2)c1F. The molecule has 7 heteroatoms. The molecule has 1 aromatic carbocycles. The average Bonchev–Trinajstić information content (AvgIpc) is 3.03. The van der Waals surface area contributed by atoms with Crippen molar-refractivity contribution in [3.63, 3.8) is 0 Å². The Labute approximate surface area is 140 Å². The summed E-state index contributed by atoms with van der Waals surface area (Å²) in [5.41, 5.74) is 1.63. The van der Waals surface area contributed by atoms with Crippen LogP contribution in [0.3, 0.4) is 0 Å². The van der Waals surface area contributed by atoms with E-state index in [4.69, 9.17) is 14.1 Å². The standard InChI is InChI=1S/C17H19BFNO4/c1-3-23-17-15(22-2)8-7-12(16(17)19)14-6-4-5-13(20-14)11-9-18(21)24-10-11/h4-8,11,21H,3,9-10H2,1-2H3/t11-/m1/s1.